The second-order valence-corrected chi connectivity index (χ2v) is 6.56. The second kappa shape index (κ2) is 5.54. The predicted molar refractivity (Wildman–Crippen MR) is 71.8 cm³/mol. The van der Waals surface area contributed by atoms with Gasteiger partial charge in [-0.05, 0) is 36.0 Å². The van der Waals surface area contributed by atoms with Crippen LogP contribution in [0.3, 0.4) is 0 Å². The highest BCUT2D eigenvalue weighted by Crippen LogP contribution is 2.49. The standard InChI is InChI=1S/C14H15NO3S/c15-8-11-1-3-12(4-2-11)9-19(18)10-14(5-6-14)7-13(16)17/h1-4H,5-7,9-10H2,(H,16,17). The van der Waals surface area contributed by atoms with Crippen LogP contribution in [0.5, 0.6) is 0 Å². The van der Waals surface area contributed by atoms with E-state index in [1.165, 1.54) is 0 Å². The molecule has 1 aliphatic carbocycles. The second-order valence-electron chi connectivity index (χ2n) is 5.11. The van der Waals surface area contributed by atoms with E-state index in [1.807, 2.05) is 6.07 Å². The van der Waals surface area contributed by atoms with Gasteiger partial charge in [0.25, 0.3) is 0 Å². The lowest BCUT2D eigenvalue weighted by molar-refractivity contribution is -0.138. The Balaban J connectivity index is 1.91. The van der Waals surface area contributed by atoms with Gasteiger partial charge in [-0.25, -0.2) is 0 Å². The summed E-state index contributed by atoms with van der Waals surface area (Å²) in [5.74, 6) is 0.0692. The Morgan fingerprint density at radius 2 is 2.00 bits per heavy atom. The summed E-state index contributed by atoms with van der Waals surface area (Å²) in [4.78, 5) is 10.7. The first-order valence-corrected chi connectivity index (χ1v) is 7.58. The summed E-state index contributed by atoms with van der Waals surface area (Å²) >= 11 is 0. The van der Waals surface area contributed by atoms with Crippen molar-refractivity contribution in [1.82, 2.24) is 0 Å². The van der Waals surface area contributed by atoms with Gasteiger partial charge < -0.3 is 5.11 Å². The number of aliphatic carboxylic acids is 1. The van der Waals surface area contributed by atoms with Gasteiger partial charge >= 0.3 is 5.97 Å². The summed E-state index contributed by atoms with van der Waals surface area (Å²) in [6.07, 6.45) is 1.84. The molecule has 0 bridgehead atoms. The van der Waals surface area contributed by atoms with Gasteiger partial charge in [0.15, 0.2) is 0 Å². The summed E-state index contributed by atoms with van der Waals surface area (Å²) in [6.45, 7) is 0. The average Bonchev–Trinajstić information content (AvgIpc) is 3.08. The molecule has 0 heterocycles. The molecule has 0 radical (unpaired) electrons. The van der Waals surface area contributed by atoms with Crippen LogP contribution in [0.4, 0.5) is 0 Å². The van der Waals surface area contributed by atoms with Crippen LogP contribution in [0.25, 0.3) is 0 Å². The van der Waals surface area contributed by atoms with E-state index in [-0.39, 0.29) is 11.8 Å². The van der Waals surface area contributed by atoms with E-state index in [0.717, 1.165) is 18.4 Å². The van der Waals surface area contributed by atoms with Gasteiger partial charge in [0.2, 0.25) is 0 Å². The summed E-state index contributed by atoms with van der Waals surface area (Å²) in [5, 5.41) is 17.5. The van der Waals surface area contributed by atoms with Crippen LogP contribution in [-0.4, -0.2) is 21.0 Å². The van der Waals surface area contributed by atoms with Gasteiger partial charge in [-0.3, -0.25) is 9.00 Å². The topological polar surface area (TPSA) is 78.2 Å². The average molecular weight is 277 g/mol. The fraction of sp³-hybridized carbons (Fsp3) is 0.429. The Morgan fingerprint density at radius 1 is 1.37 bits per heavy atom. The SMILES string of the molecule is N#Cc1ccc(CS(=O)CC2(CC(=O)O)CC2)cc1. The Labute approximate surface area is 114 Å². The maximum absolute atomic E-state index is 12.1. The molecule has 0 aromatic heterocycles. The van der Waals surface area contributed by atoms with Crippen molar-refractivity contribution in [2.45, 2.75) is 25.0 Å². The molecular formula is C14H15NO3S. The zero-order valence-corrected chi connectivity index (χ0v) is 11.3. The van der Waals surface area contributed by atoms with Gasteiger partial charge in [-0.1, -0.05) is 12.1 Å². The third-order valence-electron chi connectivity index (χ3n) is 3.36. The van der Waals surface area contributed by atoms with Crippen LogP contribution in [0.1, 0.15) is 30.4 Å². The molecule has 1 unspecified atom stereocenters. The third-order valence-corrected chi connectivity index (χ3v) is 4.95. The molecular weight excluding hydrogens is 262 g/mol. The molecule has 4 nitrogen and oxygen atoms in total. The smallest absolute Gasteiger partial charge is 0.303 e. The van der Waals surface area contributed by atoms with Crippen molar-refractivity contribution in [2.24, 2.45) is 5.41 Å². The lowest BCUT2D eigenvalue weighted by Crippen LogP contribution is -2.17. The molecule has 0 aliphatic heterocycles. The molecule has 1 saturated carbocycles. The number of carboxylic acid groups (broad SMARTS) is 1. The molecule has 5 heteroatoms. The molecule has 2 rings (SSSR count). The van der Waals surface area contributed by atoms with E-state index in [0.29, 0.717) is 17.1 Å². The molecule has 1 atom stereocenters. The van der Waals surface area contributed by atoms with Crippen molar-refractivity contribution in [3.8, 4) is 6.07 Å². The first kappa shape index (κ1) is 13.8. The summed E-state index contributed by atoms with van der Waals surface area (Å²) in [5.41, 5.74) is 1.27. The van der Waals surface area contributed by atoms with Gasteiger partial charge in [0.1, 0.15) is 0 Å². The number of carbonyl (C=O) groups is 1. The van der Waals surface area contributed by atoms with Gasteiger partial charge in [0.05, 0.1) is 18.1 Å². The highest BCUT2D eigenvalue weighted by atomic mass is 32.2. The summed E-state index contributed by atoms with van der Waals surface area (Å²) < 4.78 is 12.1. The van der Waals surface area contributed by atoms with E-state index in [9.17, 15) is 9.00 Å². The fourth-order valence-corrected chi connectivity index (χ4v) is 3.86. The highest BCUT2D eigenvalue weighted by molar-refractivity contribution is 7.84. The number of hydrogen-bond acceptors (Lipinski definition) is 3. The van der Waals surface area contributed by atoms with Crippen molar-refractivity contribution in [1.29, 1.82) is 5.26 Å². The van der Waals surface area contributed by atoms with Crippen molar-refractivity contribution in [2.75, 3.05) is 5.75 Å². The fourth-order valence-electron chi connectivity index (χ4n) is 2.12. The minimum Gasteiger partial charge on any atom is -0.481 e. The third kappa shape index (κ3) is 3.90. The van der Waals surface area contributed by atoms with Crippen molar-refractivity contribution >= 4 is 16.8 Å². The Bertz CT molecular complexity index is 541. The molecule has 1 aromatic rings. The normalized spacial score (nSPS) is 17.4. The minimum atomic E-state index is -1.05. The van der Waals surface area contributed by atoms with Gasteiger partial charge in [-0.15, -0.1) is 0 Å². The molecule has 0 amide bonds. The van der Waals surface area contributed by atoms with E-state index in [1.54, 1.807) is 24.3 Å². The number of nitriles is 1. The first-order valence-electron chi connectivity index (χ1n) is 6.09. The van der Waals surface area contributed by atoms with E-state index < -0.39 is 16.8 Å². The quantitative estimate of drug-likeness (QED) is 0.863. The molecule has 0 spiro atoms. The largest absolute Gasteiger partial charge is 0.481 e. The minimum absolute atomic E-state index is 0.117. The van der Waals surface area contributed by atoms with E-state index in [2.05, 4.69) is 0 Å². The van der Waals surface area contributed by atoms with Crippen LogP contribution >= 0.6 is 0 Å². The zero-order chi connectivity index (χ0) is 13.9. The molecule has 19 heavy (non-hydrogen) atoms. The Kier molecular flexibility index (Phi) is 4.01. The predicted octanol–water partition coefficient (Wildman–Crippen LogP) is 2.06. The van der Waals surface area contributed by atoms with E-state index in [4.69, 9.17) is 10.4 Å². The molecule has 1 aliphatic rings. The monoisotopic (exact) mass is 277 g/mol. The molecule has 1 N–H and O–H groups in total. The Hall–Kier alpha value is -1.67. The van der Waals surface area contributed by atoms with Crippen LogP contribution in [-0.2, 0) is 21.3 Å². The van der Waals surface area contributed by atoms with E-state index >= 15 is 0 Å². The highest BCUT2D eigenvalue weighted by Gasteiger charge is 2.45. The maximum atomic E-state index is 12.1. The van der Waals surface area contributed by atoms with Crippen LogP contribution in [0, 0.1) is 16.7 Å². The summed E-state index contributed by atoms with van der Waals surface area (Å²) in [6, 6.07) is 9.04. The van der Waals surface area contributed by atoms with Gasteiger partial charge in [-0.2, -0.15) is 5.26 Å². The lowest BCUT2D eigenvalue weighted by Gasteiger charge is -2.11. The van der Waals surface area contributed by atoms with Crippen LogP contribution < -0.4 is 0 Å². The number of benzene rings is 1. The first-order chi connectivity index (χ1) is 9.03. The number of rotatable bonds is 6. The summed E-state index contributed by atoms with van der Waals surface area (Å²) in [7, 11) is -1.05. The van der Waals surface area contributed by atoms with Crippen molar-refractivity contribution < 1.29 is 14.1 Å². The van der Waals surface area contributed by atoms with Crippen molar-refractivity contribution in [3.05, 3.63) is 35.4 Å². The van der Waals surface area contributed by atoms with Crippen LogP contribution in [0.15, 0.2) is 24.3 Å². The maximum Gasteiger partial charge on any atom is 0.303 e. The van der Waals surface area contributed by atoms with Crippen molar-refractivity contribution in [3.63, 3.8) is 0 Å². The molecule has 0 saturated heterocycles. The Morgan fingerprint density at radius 3 is 2.47 bits per heavy atom. The molecule has 100 valence electrons. The lowest BCUT2D eigenvalue weighted by atomic mass is 10.1. The molecule has 1 fully saturated rings. The molecule has 1 aromatic carbocycles. The number of carboxylic acids is 1. The zero-order valence-electron chi connectivity index (χ0n) is 10.5. The number of hydrogen-bond donors (Lipinski definition) is 1. The van der Waals surface area contributed by atoms with Gasteiger partial charge in [0, 0.05) is 22.3 Å². The number of nitrogens with zero attached hydrogens (tertiary/aromatic N) is 1. The van der Waals surface area contributed by atoms with Crippen LogP contribution in [0.2, 0.25) is 0 Å².